The Morgan fingerprint density at radius 3 is 2.69 bits per heavy atom. The number of aromatic nitrogens is 1. The molecule has 70 valence electrons. The number of esters is 1. The van der Waals surface area contributed by atoms with Gasteiger partial charge in [-0.1, -0.05) is 11.6 Å². The molecule has 0 fully saturated rings. The number of hydrogen-bond donors (Lipinski definition) is 0. The Morgan fingerprint density at radius 2 is 2.15 bits per heavy atom. The van der Waals surface area contributed by atoms with Gasteiger partial charge in [-0.05, 0) is 0 Å². The molecule has 0 saturated heterocycles. The lowest BCUT2D eigenvalue weighted by molar-refractivity contribution is 0.0600. The molecule has 0 N–H and O–H groups in total. The number of rotatable bonds is 2. The Balaban J connectivity index is 3.15. The number of methoxy groups -OCH3 is 2. The zero-order chi connectivity index (χ0) is 9.84. The highest BCUT2D eigenvalue weighted by molar-refractivity contribution is 6.34. The summed E-state index contributed by atoms with van der Waals surface area (Å²) in [6.07, 6.45) is 2.76. The molecule has 0 atom stereocenters. The molecule has 0 saturated carbocycles. The Kier molecular flexibility index (Phi) is 3.08. The summed E-state index contributed by atoms with van der Waals surface area (Å²) in [6.45, 7) is 0. The standard InChI is InChI=1S/C8H8ClNO3/c1-12-6-4-10-3-5(7(6)9)8(11)13-2/h3-4H,1-2H3. The Hall–Kier alpha value is -1.29. The van der Waals surface area contributed by atoms with Crippen LogP contribution in [-0.4, -0.2) is 25.2 Å². The van der Waals surface area contributed by atoms with Crippen LogP contribution in [0.3, 0.4) is 0 Å². The second kappa shape index (κ2) is 4.09. The maximum Gasteiger partial charge on any atom is 0.341 e. The van der Waals surface area contributed by atoms with Crippen molar-refractivity contribution in [2.45, 2.75) is 0 Å². The van der Waals surface area contributed by atoms with Crippen LogP contribution in [0.5, 0.6) is 5.75 Å². The lowest BCUT2D eigenvalue weighted by Crippen LogP contribution is -2.03. The van der Waals surface area contributed by atoms with Gasteiger partial charge in [0.25, 0.3) is 0 Å². The number of halogens is 1. The predicted molar refractivity (Wildman–Crippen MR) is 47.1 cm³/mol. The van der Waals surface area contributed by atoms with E-state index >= 15 is 0 Å². The molecule has 5 heteroatoms. The van der Waals surface area contributed by atoms with Gasteiger partial charge in [0.05, 0.1) is 20.4 Å². The van der Waals surface area contributed by atoms with Crippen LogP contribution in [0.2, 0.25) is 5.02 Å². The van der Waals surface area contributed by atoms with Crippen LogP contribution in [0.25, 0.3) is 0 Å². The molecule has 1 aromatic heterocycles. The van der Waals surface area contributed by atoms with E-state index in [2.05, 4.69) is 9.72 Å². The van der Waals surface area contributed by atoms with E-state index in [1.54, 1.807) is 0 Å². The van der Waals surface area contributed by atoms with Gasteiger partial charge in [0.1, 0.15) is 10.6 Å². The zero-order valence-electron chi connectivity index (χ0n) is 7.20. The van der Waals surface area contributed by atoms with Crippen molar-refractivity contribution in [2.75, 3.05) is 14.2 Å². The van der Waals surface area contributed by atoms with Gasteiger partial charge < -0.3 is 9.47 Å². The predicted octanol–water partition coefficient (Wildman–Crippen LogP) is 1.53. The fourth-order valence-corrected chi connectivity index (χ4v) is 1.07. The molecule has 0 radical (unpaired) electrons. The van der Waals surface area contributed by atoms with E-state index in [1.165, 1.54) is 26.6 Å². The number of carbonyl (C=O) groups is 1. The minimum atomic E-state index is -0.531. The molecule has 1 aromatic rings. The summed E-state index contributed by atoms with van der Waals surface area (Å²) in [5.41, 5.74) is 0.198. The average Bonchev–Trinajstić information content (AvgIpc) is 2.17. The molecular weight excluding hydrogens is 194 g/mol. The average molecular weight is 202 g/mol. The topological polar surface area (TPSA) is 48.4 Å². The van der Waals surface area contributed by atoms with Crippen LogP contribution in [-0.2, 0) is 4.74 Å². The molecule has 0 bridgehead atoms. The molecule has 13 heavy (non-hydrogen) atoms. The lowest BCUT2D eigenvalue weighted by Gasteiger charge is -2.05. The Bertz CT molecular complexity index is 327. The Labute approximate surface area is 80.4 Å². The fraction of sp³-hybridized carbons (Fsp3) is 0.250. The van der Waals surface area contributed by atoms with Crippen molar-refractivity contribution in [3.8, 4) is 5.75 Å². The zero-order valence-corrected chi connectivity index (χ0v) is 7.96. The fourth-order valence-electron chi connectivity index (χ4n) is 0.820. The summed E-state index contributed by atoms with van der Waals surface area (Å²) in [6, 6.07) is 0. The van der Waals surface area contributed by atoms with Crippen molar-refractivity contribution in [3.63, 3.8) is 0 Å². The summed E-state index contributed by atoms with van der Waals surface area (Å²) in [5.74, 6) is -0.180. The number of nitrogens with zero attached hydrogens (tertiary/aromatic N) is 1. The summed E-state index contributed by atoms with van der Waals surface area (Å²) in [4.78, 5) is 14.9. The van der Waals surface area contributed by atoms with Gasteiger partial charge in [-0.15, -0.1) is 0 Å². The number of pyridine rings is 1. The third-order valence-electron chi connectivity index (χ3n) is 1.47. The molecule has 0 aliphatic heterocycles. The third-order valence-corrected chi connectivity index (χ3v) is 1.86. The summed E-state index contributed by atoms with van der Waals surface area (Å²) in [7, 11) is 2.72. The monoisotopic (exact) mass is 201 g/mol. The molecule has 0 aliphatic rings. The van der Waals surface area contributed by atoms with E-state index in [1.807, 2.05) is 0 Å². The van der Waals surface area contributed by atoms with Crippen LogP contribution in [0, 0.1) is 0 Å². The van der Waals surface area contributed by atoms with E-state index in [4.69, 9.17) is 16.3 Å². The van der Waals surface area contributed by atoms with E-state index in [0.717, 1.165) is 0 Å². The molecule has 1 rings (SSSR count). The van der Waals surface area contributed by atoms with Crippen molar-refractivity contribution in [1.29, 1.82) is 0 Å². The summed E-state index contributed by atoms with van der Waals surface area (Å²) in [5, 5.41) is 0.212. The molecular formula is C8H8ClNO3. The first kappa shape index (κ1) is 9.80. The molecule has 0 spiro atoms. The molecule has 4 nitrogen and oxygen atoms in total. The van der Waals surface area contributed by atoms with Crippen LogP contribution in [0.15, 0.2) is 12.4 Å². The van der Waals surface area contributed by atoms with Gasteiger partial charge >= 0.3 is 5.97 Å². The Morgan fingerprint density at radius 1 is 1.46 bits per heavy atom. The summed E-state index contributed by atoms with van der Waals surface area (Å²) >= 11 is 5.82. The maximum absolute atomic E-state index is 11.1. The van der Waals surface area contributed by atoms with Crippen molar-refractivity contribution in [2.24, 2.45) is 0 Å². The molecule has 0 unspecified atom stereocenters. The van der Waals surface area contributed by atoms with Gasteiger partial charge in [-0.25, -0.2) is 4.79 Å². The smallest absolute Gasteiger partial charge is 0.341 e. The minimum absolute atomic E-state index is 0.198. The van der Waals surface area contributed by atoms with Gasteiger partial charge in [0.15, 0.2) is 5.75 Å². The first-order chi connectivity index (χ1) is 6.20. The van der Waals surface area contributed by atoms with Crippen LogP contribution < -0.4 is 4.74 Å². The molecule has 0 aromatic carbocycles. The van der Waals surface area contributed by atoms with Crippen LogP contribution in [0.1, 0.15) is 10.4 Å². The largest absolute Gasteiger partial charge is 0.494 e. The van der Waals surface area contributed by atoms with Crippen LogP contribution >= 0.6 is 11.6 Å². The van der Waals surface area contributed by atoms with E-state index in [-0.39, 0.29) is 10.6 Å². The van der Waals surface area contributed by atoms with Crippen molar-refractivity contribution in [3.05, 3.63) is 23.0 Å². The van der Waals surface area contributed by atoms with Crippen molar-refractivity contribution < 1.29 is 14.3 Å². The van der Waals surface area contributed by atoms with Gasteiger partial charge in [0, 0.05) is 6.20 Å². The normalized spacial score (nSPS) is 9.46. The molecule has 1 heterocycles. The number of carbonyl (C=O) groups excluding carboxylic acids is 1. The first-order valence-electron chi connectivity index (χ1n) is 3.46. The molecule has 0 amide bonds. The molecule has 0 aliphatic carbocycles. The lowest BCUT2D eigenvalue weighted by atomic mass is 10.3. The van der Waals surface area contributed by atoms with E-state index < -0.39 is 5.97 Å². The minimum Gasteiger partial charge on any atom is -0.494 e. The van der Waals surface area contributed by atoms with E-state index in [0.29, 0.717) is 5.75 Å². The second-order valence-electron chi connectivity index (χ2n) is 2.19. The highest BCUT2D eigenvalue weighted by Crippen LogP contribution is 2.26. The quantitative estimate of drug-likeness (QED) is 0.681. The van der Waals surface area contributed by atoms with Gasteiger partial charge in [-0.3, -0.25) is 4.98 Å². The highest BCUT2D eigenvalue weighted by Gasteiger charge is 2.14. The van der Waals surface area contributed by atoms with Gasteiger partial charge in [0.2, 0.25) is 0 Å². The van der Waals surface area contributed by atoms with Crippen molar-refractivity contribution in [1.82, 2.24) is 4.98 Å². The third kappa shape index (κ3) is 1.89. The number of ether oxygens (including phenoxy) is 2. The summed E-state index contributed by atoms with van der Waals surface area (Å²) < 4.78 is 9.38. The maximum atomic E-state index is 11.1. The van der Waals surface area contributed by atoms with Crippen molar-refractivity contribution >= 4 is 17.6 Å². The number of hydrogen-bond acceptors (Lipinski definition) is 4. The van der Waals surface area contributed by atoms with Gasteiger partial charge in [-0.2, -0.15) is 0 Å². The first-order valence-corrected chi connectivity index (χ1v) is 3.84. The SMILES string of the molecule is COC(=O)c1cncc(OC)c1Cl. The van der Waals surface area contributed by atoms with E-state index in [9.17, 15) is 4.79 Å². The second-order valence-corrected chi connectivity index (χ2v) is 2.57. The highest BCUT2D eigenvalue weighted by atomic mass is 35.5. The van der Waals surface area contributed by atoms with Crippen LogP contribution in [0.4, 0.5) is 0 Å².